The fourth-order valence-electron chi connectivity index (χ4n) is 2.02. The van der Waals surface area contributed by atoms with Crippen LogP contribution >= 0.6 is 0 Å². The molecular formula is C15H17N3O2. The summed E-state index contributed by atoms with van der Waals surface area (Å²) in [6, 6.07) is 7.20. The Morgan fingerprint density at radius 1 is 1.25 bits per heavy atom. The van der Waals surface area contributed by atoms with Crippen LogP contribution in [0.2, 0.25) is 0 Å². The van der Waals surface area contributed by atoms with Gasteiger partial charge in [0, 0.05) is 23.9 Å². The van der Waals surface area contributed by atoms with E-state index in [2.05, 4.69) is 10.3 Å². The molecular weight excluding hydrogens is 254 g/mol. The Hall–Kier alpha value is -2.43. The predicted octanol–water partition coefficient (Wildman–Crippen LogP) is 3.78. The first kappa shape index (κ1) is 14.0. The van der Waals surface area contributed by atoms with Crippen LogP contribution in [0, 0.1) is 24.0 Å². The van der Waals surface area contributed by atoms with Gasteiger partial charge in [0.25, 0.3) is 5.69 Å². The number of nitro groups is 1. The molecule has 0 bridgehead atoms. The third-order valence-corrected chi connectivity index (χ3v) is 3.34. The molecule has 1 heterocycles. The Morgan fingerprint density at radius 2 is 2.00 bits per heavy atom. The van der Waals surface area contributed by atoms with Crippen molar-refractivity contribution in [1.29, 1.82) is 0 Å². The van der Waals surface area contributed by atoms with Crippen molar-refractivity contribution < 1.29 is 4.92 Å². The SMILES string of the molecule is Cc1ccncc1NC(C)c1ccc(C)c([N+](=O)[O-])c1. The van der Waals surface area contributed by atoms with Gasteiger partial charge in [-0.1, -0.05) is 12.1 Å². The van der Waals surface area contributed by atoms with Gasteiger partial charge in [0.15, 0.2) is 0 Å². The van der Waals surface area contributed by atoms with E-state index in [0.717, 1.165) is 16.8 Å². The van der Waals surface area contributed by atoms with Gasteiger partial charge in [0.05, 0.1) is 16.8 Å². The van der Waals surface area contributed by atoms with E-state index in [1.54, 1.807) is 31.5 Å². The van der Waals surface area contributed by atoms with Gasteiger partial charge < -0.3 is 5.32 Å². The summed E-state index contributed by atoms with van der Waals surface area (Å²) in [6.45, 7) is 5.71. The Bertz CT molecular complexity index is 641. The monoisotopic (exact) mass is 271 g/mol. The molecule has 2 rings (SSSR count). The zero-order valence-electron chi connectivity index (χ0n) is 11.8. The number of aryl methyl sites for hydroxylation is 2. The highest BCUT2D eigenvalue weighted by Crippen LogP contribution is 2.26. The van der Waals surface area contributed by atoms with Gasteiger partial charge in [0.1, 0.15) is 0 Å². The third-order valence-electron chi connectivity index (χ3n) is 3.34. The van der Waals surface area contributed by atoms with Crippen molar-refractivity contribution in [1.82, 2.24) is 4.98 Å². The molecule has 20 heavy (non-hydrogen) atoms. The van der Waals surface area contributed by atoms with Crippen molar-refractivity contribution in [3.63, 3.8) is 0 Å². The van der Waals surface area contributed by atoms with Crippen LogP contribution in [-0.2, 0) is 0 Å². The zero-order chi connectivity index (χ0) is 14.7. The molecule has 1 atom stereocenters. The first-order valence-electron chi connectivity index (χ1n) is 6.41. The van der Waals surface area contributed by atoms with Gasteiger partial charge in [-0.15, -0.1) is 0 Å². The largest absolute Gasteiger partial charge is 0.377 e. The van der Waals surface area contributed by atoms with Crippen molar-refractivity contribution in [2.45, 2.75) is 26.8 Å². The van der Waals surface area contributed by atoms with Gasteiger partial charge >= 0.3 is 0 Å². The molecule has 0 saturated carbocycles. The van der Waals surface area contributed by atoms with E-state index >= 15 is 0 Å². The zero-order valence-corrected chi connectivity index (χ0v) is 11.8. The van der Waals surface area contributed by atoms with Gasteiger partial charge in [0.2, 0.25) is 0 Å². The Morgan fingerprint density at radius 3 is 2.65 bits per heavy atom. The molecule has 104 valence electrons. The highest BCUT2D eigenvalue weighted by atomic mass is 16.6. The average Bonchev–Trinajstić information content (AvgIpc) is 2.41. The van der Waals surface area contributed by atoms with Crippen molar-refractivity contribution >= 4 is 11.4 Å². The average molecular weight is 271 g/mol. The number of nitro benzene ring substituents is 1. The van der Waals surface area contributed by atoms with Crippen LogP contribution in [0.25, 0.3) is 0 Å². The predicted molar refractivity (Wildman–Crippen MR) is 78.8 cm³/mol. The lowest BCUT2D eigenvalue weighted by Gasteiger charge is -2.17. The summed E-state index contributed by atoms with van der Waals surface area (Å²) in [4.78, 5) is 14.7. The van der Waals surface area contributed by atoms with E-state index in [-0.39, 0.29) is 16.7 Å². The molecule has 5 nitrogen and oxygen atoms in total. The summed E-state index contributed by atoms with van der Waals surface area (Å²) >= 11 is 0. The second kappa shape index (κ2) is 5.69. The molecule has 0 amide bonds. The number of hydrogen-bond donors (Lipinski definition) is 1. The fraction of sp³-hybridized carbons (Fsp3) is 0.267. The summed E-state index contributed by atoms with van der Waals surface area (Å²) < 4.78 is 0. The number of anilines is 1. The molecule has 1 aromatic carbocycles. The van der Waals surface area contributed by atoms with E-state index < -0.39 is 0 Å². The minimum absolute atomic E-state index is 0.0304. The Labute approximate surface area is 117 Å². The molecule has 5 heteroatoms. The molecule has 0 radical (unpaired) electrons. The lowest BCUT2D eigenvalue weighted by Crippen LogP contribution is -2.08. The number of hydrogen-bond acceptors (Lipinski definition) is 4. The first-order chi connectivity index (χ1) is 9.49. The minimum Gasteiger partial charge on any atom is -0.377 e. The maximum atomic E-state index is 11.0. The summed E-state index contributed by atoms with van der Waals surface area (Å²) in [6.07, 6.45) is 3.50. The lowest BCUT2D eigenvalue weighted by molar-refractivity contribution is -0.385. The van der Waals surface area contributed by atoms with E-state index in [1.807, 2.05) is 26.0 Å². The van der Waals surface area contributed by atoms with E-state index in [1.165, 1.54) is 0 Å². The van der Waals surface area contributed by atoms with Crippen LogP contribution in [0.1, 0.15) is 29.7 Å². The summed E-state index contributed by atoms with van der Waals surface area (Å²) in [7, 11) is 0. The molecule has 1 N–H and O–H groups in total. The first-order valence-corrected chi connectivity index (χ1v) is 6.41. The molecule has 0 aliphatic rings. The van der Waals surface area contributed by atoms with Crippen LogP contribution in [0.3, 0.4) is 0 Å². The maximum Gasteiger partial charge on any atom is 0.272 e. The van der Waals surface area contributed by atoms with Crippen LogP contribution in [0.15, 0.2) is 36.7 Å². The number of rotatable bonds is 4. The van der Waals surface area contributed by atoms with Gasteiger partial charge in [-0.2, -0.15) is 0 Å². The van der Waals surface area contributed by atoms with Crippen LogP contribution in [0.5, 0.6) is 0 Å². The number of nitrogens with zero attached hydrogens (tertiary/aromatic N) is 2. The Kier molecular flexibility index (Phi) is 3.98. The highest BCUT2D eigenvalue weighted by molar-refractivity contribution is 5.51. The van der Waals surface area contributed by atoms with Gasteiger partial charge in [-0.3, -0.25) is 15.1 Å². The molecule has 1 aromatic heterocycles. The van der Waals surface area contributed by atoms with Crippen molar-refractivity contribution in [3.05, 3.63) is 63.5 Å². The van der Waals surface area contributed by atoms with Crippen LogP contribution in [0.4, 0.5) is 11.4 Å². The van der Waals surface area contributed by atoms with Crippen molar-refractivity contribution in [3.8, 4) is 0 Å². The standard InChI is InChI=1S/C15H17N3O2/c1-10-6-7-16-9-14(10)17-12(3)13-5-4-11(2)15(8-13)18(19)20/h4-9,12,17H,1-3H3. The number of nitrogens with one attached hydrogen (secondary N) is 1. The van der Waals surface area contributed by atoms with Crippen molar-refractivity contribution in [2.75, 3.05) is 5.32 Å². The topological polar surface area (TPSA) is 68.1 Å². The maximum absolute atomic E-state index is 11.0. The lowest BCUT2D eigenvalue weighted by atomic mass is 10.0. The summed E-state index contributed by atoms with van der Waals surface area (Å²) in [5.41, 5.74) is 3.73. The van der Waals surface area contributed by atoms with Crippen LogP contribution < -0.4 is 5.32 Å². The van der Waals surface area contributed by atoms with Crippen molar-refractivity contribution in [2.24, 2.45) is 0 Å². The third kappa shape index (κ3) is 2.93. The number of aromatic nitrogens is 1. The van der Waals surface area contributed by atoms with Gasteiger partial charge in [-0.05, 0) is 38.0 Å². The smallest absolute Gasteiger partial charge is 0.272 e. The number of pyridine rings is 1. The minimum atomic E-state index is -0.346. The van der Waals surface area contributed by atoms with Gasteiger partial charge in [-0.25, -0.2) is 0 Å². The second-order valence-electron chi connectivity index (χ2n) is 4.86. The highest BCUT2D eigenvalue weighted by Gasteiger charge is 2.14. The van der Waals surface area contributed by atoms with E-state index in [4.69, 9.17) is 0 Å². The van der Waals surface area contributed by atoms with E-state index in [0.29, 0.717) is 5.56 Å². The Balaban J connectivity index is 2.26. The molecule has 0 saturated heterocycles. The van der Waals surface area contributed by atoms with Crippen LogP contribution in [-0.4, -0.2) is 9.91 Å². The normalized spacial score (nSPS) is 11.9. The molecule has 2 aromatic rings. The second-order valence-corrected chi connectivity index (χ2v) is 4.86. The molecule has 1 unspecified atom stereocenters. The quantitative estimate of drug-likeness (QED) is 0.678. The summed E-state index contributed by atoms with van der Waals surface area (Å²) in [5.74, 6) is 0. The van der Waals surface area contributed by atoms with E-state index in [9.17, 15) is 10.1 Å². The molecule has 0 aliphatic carbocycles. The molecule has 0 aliphatic heterocycles. The molecule has 0 fully saturated rings. The number of benzene rings is 1. The summed E-state index contributed by atoms with van der Waals surface area (Å²) in [5, 5.41) is 14.3. The molecule has 0 spiro atoms. The fourth-order valence-corrected chi connectivity index (χ4v) is 2.02.